The van der Waals surface area contributed by atoms with Crippen molar-refractivity contribution in [3.05, 3.63) is 33.3 Å². The number of nitrogens with one attached hydrogen (secondary N) is 1. The molecule has 2 fully saturated rings. The van der Waals surface area contributed by atoms with E-state index >= 15 is 0 Å². The number of benzene rings is 1. The topological polar surface area (TPSA) is 69.6 Å². The highest BCUT2D eigenvalue weighted by Crippen LogP contribution is 2.45. The third-order valence-electron chi connectivity index (χ3n) is 6.70. The van der Waals surface area contributed by atoms with E-state index < -0.39 is 11.9 Å². The van der Waals surface area contributed by atoms with Gasteiger partial charge in [-0.05, 0) is 54.4 Å². The van der Waals surface area contributed by atoms with E-state index in [4.69, 9.17) is 11.6 Å². The van der Waals surface area contributed by atoms with Crippen LogP contribution in [0.15, 0.2) is 6.07 Å². The Kier molecular flexibility index (Phi) is 5.93. The van der Waals surface area contributed by atoms with Gasteiger partial charge in [-0.25, -0.2) is 0 Å². The van der Waals surface area contributed by atoms with Crippen LogP contribution < -0.4 is 5.32 Å². The molecule has 2 aliphatic carbocycles. The number of hydrogen-bond acceptors (Lipinski definition) is 3. The standard InChI is InChI=1S/C22H29ClN2O3/c23-18-13-17-15(7-8-16(17)22(27)28)20(21(26)25-11-9-24-10-12-25)19(18)14-5-3-1-2-4-6-14/h13-14,16,24H,1-12H2,(H,27,28). The molecule has 1 aliphatic heterocycles. The van der Waals surface area contributed by atoms with Crippen LogP contribution in [0.2, 0.25) is 5.02 Å². The first kappa shape index (κ1) is 19.7. The number of rotatable bonds is 3. The number of aliphatic carboxylic acids is 1. The van der Waals surface area contributed by atoms with Gasteiger partial charge in [0.1, 0.15) is 0 Å². The lowest BCUT2D eigenvalue weighted by molar-refractivity contribution is -0.138. The first-order valence-electron chi connectivity index (χ1n) is 10.7. The molecule has 1 aromatic carbocycles. The smallest absolute Gasteiger partial charge is 0.310 e. The quantitative estimate of drug-likeness (QED) is 0.748. The minimum Gasteiger partial charge on any atom is -0.481 e. The Morgan fingerprint density at radius 3 is 2.39 bits per heavy atom. The van der Waals surface area contributed by atoms with Crippen molar-refractivity contribution in [1.29, 1.82) is 0 Å². The Balaban J connectivity index is 1.82. The van der Waals surface area contributed by atoms with Crippen molar-refractivity contribution in [3.63, 3.8) is 0 Å². The van der Waals surface area contributed by atoms with E-state index in [2.05, 4.69) is 5.32 Å². The molecule has 6 heteroatoms. The maximum Gasteiger partial charge on any atom is 0.310 e. The summed E-state index contributed by atoms with van der Waals surface area (Å²) in [6, 6.07) is 1.86. The predicted octanol–water partition coefficient (Wildman–Crippen LogP) is 3.94. The Bertz CT molecular complexity index is 766. The molecule has 2 N–H and O–H groups in total. The fraction of sp³-hybridized carbons (Fsp3) is 0.636. The van der Waals surface area contributed by atoms with Gasteiger partial charge >= 0.3 is 5.97 Å². The number of amides is 1. The van der Waals surface area contributed by atoms with E-state index in [1.165, 1.54) is 12.8 Å². The molecular weight excluding hydrogens is 376 g/mol. The van der Waals surface area contributed by atoms with Crippen LogP contribution in [0, 0.1) is 0 Å². The van der Waals surface area contributed by atoms with Crippen molar-refractivity contribution in [2.75, 3.05) is 26.2 Å². The Morgan fingerprint density at radius 1 is 1.07 bits per heavy atom. The average molecular weight is 405 g/mol. The van der Waals surface area contributed by atoms with Crippen LogP contribution in [0.3, 0.4) is 0 Å². The maximum atomic E-state index is 13.6. The number of fused-ring (bicyclic) bond motifs is 1. The summed E-state index contributed by atoms with van der Waals surface area (Å²) in [6.07, 6.45) is 8.12. The highest BCUT2D eigenvalue weighted by Gasteiger charge is 2.37. The molecule has 1 atom stereocenters. The zero-order valence-electron chi connectivity index (χ0n) is 16.3. The lowest BCUT2D eigenvalue weighted by Crippen LogP contribution is -2.47. The van der Waals surface area contributed by atoms with E-state index in [1.54, 1.807) is 0 Å². The largest absolute Gasteiger partial charge is 0.481 e. The number of nitrogens with zero attached hydrogens (tertiary/aromatic N) is 1. The number of halogens is 1. The van der Waals surface area contributed by atoms with Crippen molar-refractivity contribution >= 4 is 23.5 Å². The van der Waals surface area contributed by atoms with Crippen molar-refractivity contribution in [3.8, 4) is 0 Å². The maximum absolute atomic E-state index is 13.6. The molecule has 0 spiro atoms. The van der Waals surface area contributed by atoms with Crippen molar-refractivity contribution in [2.45, 2.75) is 63.2 Å². The van der Waals surface area contributed by atoms with E-state index in [0.717, 1.165) is 61.0 Å². The third kappa shape index (κ3) is 3.67. The number of carboxylic acid groups (broad SMARTS) is 1. The molecule has 0 bridgehead atoms. The Labute approximate surface area is 171 Å². The van der Waals surface area contributed by atoms with Crippen molar-refractivity contribution in [1.82, 2.24) is 10.2 Å². The summed E-state index contributed by atoms with van der Waals surface area (Å²) in [5.41, 5.74) is 3.44. The highest BCUT2D eigenvalue weighted by atomic mass is 35.5. The minimum absolute atomic E-state index is 0.0468. The molecule has 152 valence electrons. The summed E-state index contributed by atoms with van der Waals surface area (Å²) in [7, 11) is 0. The summed E-state index contributed by atoms with van der Waals surface area (Å²) < 4.78 is 0. The molecule has 0 aromatic heterocycles. The van der Waals surface area contributed by atoms with Gasteiger partial charge in [0, 0.05) is 36.8 Å². The highest BCUT2D eigenvalue weighted by molar-refractivity contribution is 6.32. The first-order chi connectivity index (χ1) is 13.6. The van der Waals surface area contributed by atoms with E-state index in [1.807, 2.05) is 11.0 Å². The number of carboxylic acids is 1. The Morgan fingerprint density at radius 2 is 1.75 bits per heavy atom. The molecule has 1 aromatic rings. The number of hydrogen-bond donors (Lipinski definition) is 2. The molecular formula is C22H29ClN2O3. The van der Waals surface area contributed by atoms with Gasteiger partial charge in [0.25, 0.3) is 5.91 Å². The Hall–Kier alpha value is -1.59. The fourth-order valence-electron chi connectivity index (χ4n) is 5.25. The first-order valence-corrected chi connectivity index (χ1v) is 11.0. The van der Waals surface area contributed by atoms with Gasteiger partial charge in [0.2, 0.25) is 0 Å². The van der Waals surface area contributed by atoms with Crippen LogP contribution in [0.5, 0.6) is 0 Å². The normalized spacial score (nSPS) is 23.3. The average Bonchev–Trinajstić information content (AvgIpc) is 2.93. The van der Waals surface area contributed by atoms with Gasteiger partial charge in [0.05, 0.1) is 5.92 Å². The van der Waals surface area contributed by atoms with Gasteiger partial charge in [-0.1, -0.05) is 37.3 Å². The summed E-state index contributed by atoms with van der Waals surface area (Å²) in [5.74, 6) is -1.03. The summed E-state index contributed by atoms with van der Waals surface area (Å²) in [6.45, 7) is 2.97. The molecule has 0 radical (unpaired) electrons. The fourth-order valence-corrected chi connectivity index (χ4v) is 5.61. The molecule has 3 aliphatic rings. The number of piperazine rings is 1. The minimum atomic E-state index is -0.822. The second kappa shape index (κ2) is 8.42. The van der Waals surface area contributed by atoms with Crippen LogP contribution in [-0.2, 0) is 11.2 Å². The molecule has 1 heterocycles. The van der Waals surface area contributed by atoms with Crippen molar-refractivity contribution < 1.29 is 14.7 Å². The molecule has 4 rings (SSSR count). The predicted molar refractivity (Wildman–Crippen MR) is 109 cm³/mol. The van der Waals surface area contributed by atoms with Crippen LogP contribution >= 0.6 is 11.6 Å². The monoisotopic (exact) mass is 404 g/mol. The second-order valence-corrected chi connectivity index (χ2v) is 8.78. The van der Waals surface area contributed by atoms with E-state index in [9.17, 15) is 14.7 Å². The molecule has 28 heavy (non-hydrogen) atoms. The molecule has 1 unspecified atom stereocenters. The van der Waals surface area contributed by atoms with Gasteiger partial charge in [-0.15, -0.1) is 0 Å². The molecule has 5 nitrogen and oxygen atoms in total. The SMILES string of the molecule is O=C(O)C1CCc2c1cc(Cl)c(C1CCCCCC1)c2C(=O)N1CCNCC1. The lowest BCUT2D eigenvalue weighted by Gasteiger charge is -2.31. The molecule has 1 saturated heterocycles. The zero-order valence-corrected chi connectivity index (χ0v) is 17.1. The summed E-state index contributed by atoms with van der Waals surface area (Å²) >= 11 is 6.78. The molecule has 1 amide bonds. The van der Waals surface area contributed by atoms with Crippen LogP contribution in [0.1, 0.15) is 83.8 Å². The van der Waals surface area contributed by atoms with Gasteiger partial charge in [-0.2, -0.15) is 0 Å². The second-order valence-electron chi connectivity index (χ2n) is 8.38. The third-order valence-corrected chi connectivity index (χ3v) is 7.01. The van der Waals surface area contributed by atoms with Gasteiger partial charge in [-0.3, -0.25) is 9.59 Å². The van der Waals surface area contributed by atoms with Crippen LogP contribution in [-0.4, -0.2) is 48.1 Å². The number of carbonyl (C=O) groups excluding carboxylic acids is 1. The van der Waals surface area contributed by atoms with Gasteiger partial charge < -0.3 is 15.3 Å². The van der Waals surface area contributed by atoms with Gasteiger partial charge in [0.15, 0.2) is 0 Å². The zero-order chi connectivity index (χ0) is 19.7. The van der Waals surface area contributed by atoms with Crippen LogP contribution in [0.4, 0.5) is 0 Å². The molecule has 1 saturated carbocycles. The number of carbonyl (C=O) groups is 2. The lowest BCUT2D eigenvalue weighted by atomic mass is 9.83. The van der Waals surface area contributed by atoms with E-state index in [0.29, 0.717) is 36.9 Å². The van der Waals surface area contributed by atoms with E-state index in [-0.39, 0.29) is 5.91 Å². The summed E-state index contributed by atoms with van der Waals surface area (Å²) in [5, 5.41) is 13.5. The summed E-state index contributed by atoms with van der Waals surface area (Å²) in [4.78, 5) is 27.3. The van der Waals surface area contributed by atoms with Crippen molar-refractivity contribution in [2.24, 2.45) is 0 Å². The van der Waals surface area contributed by atoms with Crippen LogP contribution in [0.25, 0.3) is 0 Å².